The van der Waals surface area contributed by atoms with Gasteiger partial charge in [-0.15, -0.1) is 0 Å². The van der Waals surface area contributed by atoms with Crippen molar-refractivity contribution in [1.29, 1.82) is 0 Å². The molecule has 7 aromatic carbocycles. The number of anilines is 3. The standard InChI is InChI=1S/C46H30N4/c1-3-15-32(16-4-1)40-29-35(30-41(47-40)33-17-5-2-6-18-33)34-19-13-20-36(28-34)49-42-24-11-9-22-38(42)39-23-10-12-25-43(39)50-44-27-26-31-14-7-8-21-37(31)45(44)48-46(49)50/h1-30H. The molecule has 2 aromatic heterocycles. The molecule has 1 aliphatic rings. The van der Waals surface area contributed by atoms with Crippen LogP contribution in [0, 0.1) is 0 Å². The molecule has 4 heteroatoms. The van der Waals surface area contributed by atoms with Gasteiger partial charge in [-0.25, -0.2) is 9.97 Å². The number of rotatable bonds is 4. The third-order valence-electron chi connectivity index (χ3n) is 9.71. The molecule has 0 spiro atoms. The minimum absolute atomic E-state index is 0.857. The van der Waals surface area contributed by atoms with Gasteiger partial charge in [-0.3, -0.25) is 9.47 Å². The lowest BCUT2D eigenvalue weighted by molar-refractivity contribution is 1.05. The number of pyridine rings is 1. The maximum absolute atomic E-state index is 5.49. The van der Waals surface area contributed by atoms with E-state index in [0.717, 1.165) is 78.6 Å². The summed E-state index contributed by atoms with van der Waals surface area (Å²) in [7, 11) is 0. The van der Waals surface area contributed by atoms with Crippen LogP contribution in [0.3, 0.4) is 0 Å². The molecule has 0 unspecified atom stereocenters. The minimum atomic E-state index is 0.857. The predicted octanol–water partition coefficient (Wildman–Crippen LogP) is 12.0. The monoisotopic (exact) mass is 638 g/mol. The van der Waals surface area contributed by atoms with Crippen molar-refractivity contribution < 1.29 is 0 Å². The lowest BCUT2D eigenvalue weighted by atomic mass is 9.99. The number of aromatic nitrogens is 3. The Morgan fingerprint density at radius 1 is 0.400 bits per heavy atom. The van der Waals surface area contributed by atoms with E-state index in [1.54, 1.807) is 0 Å². The lowest BCUT2D eigenvalue weighted by Crippen LogP contribution is -2.14. The molecule has 1 aliphatic heterocycles. The van der Waals surface area contributed by atoms with Gasteiger partial charge in [-0.1, -0.05) is 140 Å². The Hall–Kier alpha value is -6.78. The highest BCUT2D eigenvalue weighted by atomic mass is 15.3. The average Bonchev–Trinajstić information content (AvgIpc) is 3.53. The molecule has 0 fully saturated rings. The Morgan fingerprint density at radius 2 is 1.00 bits per heavy atom. The summed E-state index contributed by atoms with van der Waals surface area (Å²) in [6, 6.07) is 64.3. The van der Waals surface area contributed by atoms with Crippen LogP contribution in [-0.4, -0.2) is 14.5 Å². The fourth-order valence-electron chi connectivity index (χ4n) is 7.38. The van der Waals surface area contributed by atoms with Gasteiger partial charge in [0, 0.05) is 33.3 Å². The van der Waals surface area contributed by atoms with E-state index < -0.39 is 0 Å². The SMILES string of the molecule is c1ccc(-c2cc(-c3cccc(N4c5ccccc5-c5ccccc5-n5c4nc4c6ccccc6ccc45)c3)cc(-c3ccccc3)n2)cc1. The van der Waals surface area contributed by atoms with Gasteiger partial charge in [0.2, 0.25) is 5.95 Å². The maximum Gasteiger partial charge on any atom is 0.220 e. The molecule has 3 heterocycles. The van der Waals surface area contributed by atoms with Crippen molar-refractivity contribution in [2.45, 2.75) is 0 Å². The van der Waals surface area contributed by atoms with E-state index in [9.17, 15) is 0 Å². The molecule has 50 heavy (non-hydrogen) atoms. The fraction of sp³-hybridized carbons (Fsp3) is 0. The van der Waals surface area contributed by atoms with Gasteiger partial charge in [0.05, 0.1) is 33.8 Å². The predicted molar refractivity (Wildman–Crippen MR) is 206 cm³/mol. The van der Waals surface area contributed by atoms with Crippen LogP contribution in [0.1, 0.15) is 0 Å². The van der Waals surface area contributed by atoms with Gasteiger partial charge < -0.3 is 0 Å². The minimum Gasteiger partial charge on any atom is -0.280 e. The van der Waals surface area contributed by atoms with E-state index in [-0.39, 0.29) is 0 Å². The van der Waals surface area contributed by atoms with Crippen molar-refractivity contribution >= 4 is 39.1 Å². The lowest BCUT2D eigenvalue weighted by Gasteiger charge is -2.25. The summed E-state index contributed by atoms with van der Waals surface area (Å²) in [4.78, 5) is 12.9. The summed E-state index contributed by atoms with van der Waals surface area (Å²) >= 11 is 0. The van der Waals surface area contributed by atoms with E-state index in [1.165, 1.54) is 10.9 Å². The van der Waals surface area contributed by atoms with E-state index in [0.29, 0.717) is 0 Å². The summed E-state index contributed by atoms with van der Waals surface area (Å²) in [6.45, 7) is 0. The smallest absolute Gasteiger partial charge is 0.220 e. The Labute approximate surface area is 290 Å². The molecule has 0 atom stereocenters. The van der Waals surface area contributed by atoms with Crippen molar-refractivity contribution in [3.05, 3.63) is 182 Å². The highest BCUT2D eigenvalue weighted by Gasteiger charge is 2.29. The van der Waals surface area contributed by atoms with Crippen molar-refractivity contribution in [2.75, 3.05) is 4.90 Å². The van der Waals surface area contributed by atoms with Crippen LogP contribution in [0.4, 0.5) is 17.3 Å². The molecule has 234 valence electrons. The average molecular weight is 639 g/mol. The molecule has 0 amide bonds. The van der Waals surface area contributed by atoms with Crippen LogP contribution < -0.4 is 4.90 Å². The Kier molecular flexibility index (Phi) is 6.46. The summed E-state index contributed by atoms with van der Waals surface area (Å²) in [6.07, 6.45) is 0. The number of hydrogen-bond acceptors (Lipinski definition) is 3. The van der Waals surface area contributed by atoms with Gasteiger partial charge in [-0.2, -0.15) is 0 Å². The van der Waals surface area contributed by atoms with Crippen molar-refractivity contribution in [2.24, 2.45) is 0 Å². The Bertz CT molecular complexity index is 2650. The largest absolute Gasteiger partial charge is 0.280 e. The normalized spacial score (nSPS) is 12.0. The fourth-order valence-corrected chi connectivity index (χ4v) is 7.38. The van der Waals surface area contributed by atoms with E-state index in [2.05, 4.69) is 179 Å². The number of nitrogens with zero attached hydrogens (tertiary/aromatic N) is 4. The second-order valence-corrected chi connectivity index (χ2v) is 12.7. The zero-order valence-corrected chi connectivity index (χ0v) is 27.1. The van der Waals surface area contributed by atoms with Crippen LogP contribution in [-0.2, 0) is 0 Å². The zero-order chi connectivity index (χ0) is 33.0. The first-order valence-electron chi connectivity index (χ1n) is 16.9. The summed E-state index contributed by atoms with van der Waals surface area (Å²) in [5.74, 6) is 0.857. The molecule has 4 nitrogen and oxygen atoms in total. The van der Waals surface area contributed by atoms with Crippen molar-refractivity contribution in [1.82, 2.24) is 14.5 Å². The Balaban J connectivity index is 1.22. The summed E-state index contributed by atoms with van der Waals surface area (Å²) in [5, 5.41) is 2.32. The van der Waals surface area contributed by atoms with Gasteiger partial charge in [0.15, 0.2) is 0 Å². The quantitative estimate of drug-likeness (QED) is 0.192. The first-order valence-corrected chi connectivity index (χ1v) is 16.9. The highest BCUT2D eigenvalue weighted by molar-refractivity contribution is 6.07. The third-order valence-corrected chi connectivity index (χ3v) is 9.71. The van der Waals surface area contributed by atoms with Gasteiger partial charge >= 0.3 is 0 Å². The van der Waals surface area contributed by atoms with Crippen LogP contribution in [0.5, 0.6) is 0 Å². The number of fused-ring (bicyclic) bond motifs is 9. The van der Waals surface area contributed by atoms with Crippen LogP contribution in [0.2, 0.25) is 0 Å². The van der Waals surface area contributed by atoms with Crippen molar-refractivity contribution in [3.8, 4) is 50.5 Å². The Morgan fingerprint density at radius 3 is 1.74 bits per heavy atom. The second kappa shape index (κ2) is 11.4. The number of hydrogen-bond donors (Lipinski definition) is 0. The van der Waals surface area contributed by atoms with Gasteiger partial charge in [0.25, 0.3) is 0 Å². The first kappa shape index (κ1) is 28.3. The maximum atomic E-state index is 5.49. The molecule has 0 N–H and O–H groups in total. The van der Waals surface area contributed by atoms with E-state index in [1.807, 2.05) is 12.1 Å². The van der Waals surface area contributed by atoms with E-state index in [4.69, 9.17) is 9.97 Å². The zero-order valence-electron chi connectivity index (χ0n) is 27.1. The van der Waals surface area contributed by atoms with Gasteiger partial charge in [0.1, 0.15) is 0 Å². The molecule has 10 rings (SSSR count). The molecule has 0 bridgehead atoms. The first-order chi connectivity index (χ1) is 24.8. The third kappa shape index (κ3) is 4.54. The highest BCUT2D eigenvalue weighted by Crippen LogP contribution is 2.48. The van der Waals surface area contributed by atoms with E-state index >= 15 is 0 Å². The molecule has 0 saturated heterocycles. The number of imidazole rings is 1. The second-order valence-electron chi connectivity index (χ2n) is 12.7. The van der Waals surface area contributed by atoms with Crippen LogP contribution in [0.25, 0.3) is 72.3 Å². The number of para-hydroxylation sites is 2. The van der Waals surface area contributed by atoms with Crippen LogP contribution >= 0.6 is 0 Å². The molecule has 0 radical (unpaired) electrons. The molecular weight excluding hydrogens is 609 g/mol. The van der Waals surface area contributed by atoms with Crippen molar-refractivity contribution in [3.63, 3.8) is 0 Å². The topological polar surface area (TPSA) is 34.0 Å². The number of benzene rings is 7. The van der Waals surface area contributed by atoms with Gasteiger partial charge in [-0.05, 0) is 59.0 Å². The summed E-state index contributed by atoms with van der Waals surface area (Å²) < 4.78 is 2.33. The molecule has 0 saturated carbocycles. The molecule has 0 aliphatic carbocycles. The van der Waals surface area contributed by atoms with Crippen LogP contribution in [0.15, 0.2) is 182 Å². The molecule has 9 aromatic rings. The molecular formula is C46H30N4. The summed E-state index contributed by atoms with van der Waals surface area (Å²) in [5.41, 5.74) is 13.9.